The maximum Gasteiger partial charge on any atom is 0.307 e. The topological polar surface area (TPSA) is 43.4 Å². The van der Waals surface area contributed by atoms with Crippen LogP contribution in [0, 0.1) is 5.41 Å². The van der Waals surface area contributed by atoms with Crippen LogP contribution in [0.3, 0.4) is 0 Å². The molecule has 0 N–H and O–H groups in total. The number of carbonyl (C=O) groups is 2. The second-order valence-corrected chi connectivity index (χ2v) is 5.97. The fourth-order valence-corrected chi connectivity index (χ4v) is 3.28. The highest BCUT2D eigenvalue weighted by Gasteiger charge is 2.49. The smallest absolute Gasteiger partial charge is 0.307 e. The van der Waals surface area contributed by atoms with E-state index < -0.39 is 0 Å². The number of ether oxygens (including phenoxy) is 1. The Morgan fingerprint density at radius 2 is 1.89 bits per heavy atom. The van der Waals surface area contributed by atoms with Gasteiger partial charge in [0.1, 0.15) is 6.10 Å². The van der Waals surface area contributed by atoms with Gasteiger partial charge >= 0.3 is 5.97 Å². The van der Waals surface area contributed by atoms with Crippen molar-refractivity contribution in [2.45, 2.75) is 70.8 Å². The lowest BCUT2D eigenvalue weighted by Crippen LogP contribution is -2.35. The van der Waals surface area contributed by atoms with Crippen molar-refractivity contribution >= 4 is 11.8 Å². The zero-order valence-electron chi connectivity index (χ0n) is 11.8. The lowest BCUT2D eigenvalue weighted by Gasteiger charge is -2.32. The second kappa shape index (κ2) is 6.36. The van der Waals surface area contributed by atoms with Crippen LogP contribution in [0.25, 0.3) is 0 Å². The number of allylic oxidation sites excluding steroid dienone is 1. The molecule has 3 heteroatoms. The first-order valence-electron chi connectivity index (χ1n) is 7.57. The zero-order chi connectivity index (χ0) is 13.7. The Morgan fingerprint density at radius 3 is 2.68 bits per heavy atom. The van der Waals surface area contributed by atoms with Crippen molar-refractivity contribution in [3.8, 4) is 0 Å². The van der Waals surface area contributed by atoms with Crippen LogP contribution < -0.4 is 0 Å². The summed E-state index contributed by atoms with van der Waals surface area (Å²) in [5.74, 6) is -0.00383. The van der Waals surface area contributed by atoms with Gasteiger partial charge in [0, 0.05) is 11.8 Å². The first-order chi connectivity index (χ1) is 9.16. The SMILES string of the molecule is CCCCCCCC[C@@]12CC(=O)C=C[C@@H]1OC(=O)C2. The van der Waals surface area contributed by atoms with E-state index in [4.69, 9.17) is 4.74 Å². The molecule has 3 nitrogen and oxygen atoms in total. The van der Waals surface area contributed by atoms with E-state index in [1.807, 2.05) is 0 Å². The summed E-state index contributed by atoms with van der Waals surface area (Å²) in [7, 11) is 0. The minimum atomic E-state index is -0.228. The van der Waals surface area contributed by atoms with Gasteiger partial charge in [-0.05, 0) is 18.6 Å². The maximum atomic E-state index is 11.6. The van der Waals surface area contributed by atoms with Crippen LogP contribution in [0.15, 0.2) is 12.2 Å². The van der Waals surface area contributed by atoms with Crippen molar-refractivity contribution in [3.63, 3.8) is 0 Å². The summed E-state index contributed by atoms with van der Waals surface area (Å²) < 4.78 is 5.33. The van der Waals surface area contributed by atoms with Gasteiger partial charge in [0.2, 0.25) is 0 Å². The van der Waals surface area contributed by atoms with Crippen molar-refractivity contribution in [3.05, 3.63) is 12.2 Å². The summed E-state index contributed by atoms with van der Waals surface area (Å²) in [5, 5.41) is 0. The highest BCUT2D eigenvalue weighted by Crippen LogP contribution is 2.46. The molecule has 1 saturated heterocycles. The van der Waals surface area contributed by atoms with E-state index in [0.29, 0.717) is 12.8 Å². The Balaban J connectivity index is 1.84. The highest BCUT2D eigenvalue weighted by atomic mass is 16.6. The number of rotatable bonds is 7. The normalized spacial score (nSPS) is 29.4. The molecule has 0 radical (unpaired) electrons. The van der Waals surface area contributed by atoms with Gasteiger partial charge in [-0.25, -0.2) is 0 Å². The van der Waals surface area contributed by atoms with Gasteiger partial charge in [-0.3, -0.25) is 9.59 Å². The summed E-state index contributed by atoms with van der Waals surface area (Å²) >= 11 is 0. The third-order valence-electron chi connectivity index (χ3n) is 4.37. The summed E-state index contributed by atoms with van der Waals surface area (Å²) in [6.45, 7) is 2.21. The van der Waals surface area contributed by atoms with Crippen molar-refractivity contribution in [2.24, 2.45) is 5.41 Å². The Morgan fingerprint density at radius 1 is 1.16 bits per heavy atom. The van der Waals surface area contributed by atoms with E-state index in [1.165, 1.54) is 32.1 Å². The highest BCUT2D eigenvalue weighted by molar-refractivity contribution is 5.92. The van der Waals surface area contributed by atoms with Crippen LogP contribution in [0.5, 0.6) is 0 Å². The standard InChI is InChI=1S/C16H24O3/c1-2-3-4-5-6-7-10-16-11-13(17)8-9-14(16)19-15(18)12-16/h8-9,14H,2-7,10-12H2,1H3/t14-,16-/m0/s1. The number of fused-ring (bicyclic) bond motifs is 1. The number of carbonyl (C=O) groups excluding carboxylic acids is 2. The largest absolute Gasteiger partial charge is 0.457 e. The number of esters is 1. The summed E-state index contributed by atoms with van der Waals surface area (Å²) in [6.07, 6.45) is 12.4. The van der Waals surface area contributed by atoms with Gasteiger partial charge in [-0.2, -0.15) is 0 Å². The summed E-state index contributed by atoms with van der Waals surface area (Å²) in [5.41, 5.74) is -0.228. The molecule has 0 unspecified atom stereocenters. The van der Waals surface area contributed by atoms with Gasteiger partial charge in [0.25, 0.3) is 0 Å². The minimum Gasteiger partial charge on any atom is -0.457 e. The van der Waals surface area contributed by atoms with Crippen molar-refractivity contribution in [1.82, 2.24) is 0 Å². The number of unbranched alkanes of at least 4 members (excludes halogenated alkanes) is 5. The monoisotopic (exact) mass is 264 g/mol. The maximum absolute atomic E-state index is 11.6. The Kier molecular flexibility index (Phi) is 4.78. The van der Waals surface area contributed by atoms with Crippen molar-refractivity contribution < 1.29 is 14.3 Å². The van der Waals surface area contributed by atoms with Crippen LogP contribution in [0.2, 0.25) is 0 Å². The van der Waals surface area contributed by atoms with Gasteiger partial charge < -0.3 is 4.74 Å². The molecule has 0 amide bonds. The molecule has 2 rings (SSSR count). The van der Waals surface area contributed by atoms with E-state index in [2.05, 4.69) is 6.92 Å². The molecule has 0 spiro atoms. The van der Waals surface area contributed by atoms with Gasteiger partial charge in [0.05, 0.1) is 6.42 Å². The molecule has 0 aromatic rings. The predicted molar refractivity (Wildman–Crippen MR) is 73.7 cm³/mol. The Bertz CT molecular complexity index is 372. The average Bonchev–Trinajstić information content (AvgIpc) is 2.69. The zero-order valence-corrected chi connectivity index (χ0v) is 11.8. The molecule has 19 heavy (non-hydrogen) atoms. The molecule has 1 heterocycles. The average molecular weight is 264 g/mol. The molecule has 0 bridgehead atoms. The quantitative estimate of drug-likeness (QED) is 0.521. The molecule has 1 fully saturated rings. The van der Waals surface area contributed by atoms with Gasteiger partial charge in [-0.15, -0.1) is 0 Å². The summed E-state index contributed by atoms with van der Waals surface area (Å²) in [6, 6.07) is 0. The fourth-order valence-electron chi connectivity index (χ4n) is 3.28. The molecular weight excluding hydrogens is 240 g/mol. The van der Waals surface area contributed by atoms with Crippen molar-refractivity contribution in [2.75, 3.05) is 0 Å². The molecule has 1 aliphatic heterocycles. The number of ketones is 1. The molecule has 2 atom stereocenters. The van der Waals surface area contributed by atoms with Crippen molar-refractivity contribution in [1.29, 1.82) is 0 Å². The van der Waals surface area contributed by atoms with E-state index in [0.717, 1.165) is 12.8 Å². The molecule has 1 aliphatic carbocycles. The predicted octanol–water partition coefficient (Wildman–Crippen LogP) is 3.57. The van der Waals surface area contributed by atoms with E-state index in [-0.39, 0.29) is 23.3 Å². The molecule has 0 aromatic carbocycles. The molecule has 2 aliphatic rings. The van der Waals surface area contributed by atoms with Crippen LogP contribution in [-0.4, -0.2) is 17.9 Å². The minimum absolute atomic E-state index is 0.139. The summed E-state index contributed by atoms with van der Waals surface area (Å²) in [4.78, 5) is 23.2. The third-order valence-corrected chi connectivity index (χ3v) is 4.37. The van der Waals surface area contributed by atoms with Crippen LogP contribution in [-0.2, 0) is 14.3 Å². The molecule has 0 saturated carbocycles. The van der Waals surface area contributed by atoms with E-state index in [9.17, 15) is 9.59 Å². The van der Waals surface area contributed by atoms with Crippen LogP contribution in [0.4, 0.5) is 0 Å². The number of hydrogen-bond donors (Lipinski definition) is 0. The van der Waals surface area contributed by atoms with E-state index in [1.54, 1.807) is 12.2 Å². The molecule has 0 aromatic heterocycles. The lowest BCUT2D eigenvalue weighted by molar-refractivity contribution is -0.140. The van der Waals surface area contributed by atoms with Crippen LogP contribution >= 0.6 is 0 Å². The second-order valence-electron chi connectivity index (χ2n) is 5.97. The van der Waals surface area contributed by atoms with Gasteiger partial charge in [-0.1, -0.05) is 45.4 Å². The Labute approximate surface area is 115 Å². The first kappa shape index (κ1) is 14.3. The van der Waals surface area contributed by atoms with Crippen LogP contribution in [0.1, 0.15) is 64.7 Å². The number of hydrogen-bond acceptors (Lipinski definition) is 3. The Hall–Kier alpha value is -1.12. The molecular formula is C16H24O3. The fraction of sp³-hybridized carbons (Fsp3) is 0.750. The first-order valence-corrected chi connectivity index (χ1v) is 7.57. The third kappa shape index (κ3) is 3.46. The van der Waals surface area contributed by atoms with Gasteiger partial charge in [0.15, 0.2) is 5.78 Å². The lowest BCUT2D eigenvalue weighted by atomic mass is 9.70. The molecule has 106 valence electrons. The van der Waals surface area contributed by atoms with E-state index >= 15 is 0 Å².